The molecule has 2 saturated heterocycles. The maximum Gasteiger partial charge on any atom is 0.321 e. The normalized spacial score (nSPS) is 25.2. The number of aromatic nitrogens is 1. The maximum absolute atomic E-state index is 13.0. The van der Waals surface area contributed by atoms with Gasteiger partial charge in [-0.05, 0) is 42.7 Å². The van der Waals surface area contributed by atoms with Crippen molar-refractivity contribution >= 4 is 74.2 Å². The molecule has 0 spiro atoms. The van der Waals surface area contributed by atoms with E-state index in [1.807, 2.05) is 0 Å². The van der Waals surface area contributed by atoms with Crippen molar-refractivity contribution in [1.82, 2.24) is 10.3 Å². The number of hydrogen-bond acceptors (Lipinski definition) is 10. The molecule has 2 aromatic carbocycles. The molecular formula is C25H22N4O6S3. The summed E-state index contributed by atoms with van der Waals surface area (Å²) in [6.45, 7) is 0. The topological polar surface area (TPSA) is 143 Å². The van der Waals surface area contributed by atoms with E-state index < -0.39 is 16.9 Å². The number of carbonyl (C=O) groups is 3. The number of nitrogens with zero attached hydrogens (tertiary/aromatic N) is 3. The van der Waals surface area contributed by atoms with Crippen molar-refractivity contribution < 1.29 is 24.4 Å². The molecule has 196 valence electrons. The summed E-state index contributed by atoms with van der Waals surface area (Å²) in [7, 11) is 0. The van der Waals surface area contributed by atoms with Gasteiger partial charge in [0, 0.05) is 11.8 Å². The van der Waals surface area contributed by atoms with Crippen molar-refractivity contribution in [3.05, 3.63) is 52.1 Å². The first-order valence-electron chi connectivity index (χ1n) is 12.1. The lowest BCUT2D eigenvalue weighted by atomic mass is 9.81. The van der Waals surface area contributed by atoms with Gasteiger partial charge in [-0.3, -0.25) is 34.7 Å². The van der Waals surface area contributed by atoms with Crippen molar-refractivity contribution in [2.24, 2.45) is 11.8 Å². The first-order valence-corrected chi connectivity index (χ1v) is 14.8. The average molecular weight is 571 g/mol. The highest BCUT2D eigenvalue weighted by Crippen LogP contribution is 2.44. The van der Waals surface area contributed by atoms with Crippen LogP contribution in [0.25, 0.3) is 10.2 Å². The lowest BCUT2D eigenvalue weighted by molar-refractivity contribution is -0.387. The largest absolute Gasteiger partial charge is 0.480 e. The first kappa shape index (κ1) is 25.3. The van der Waals surface area contributed by atoms with Crippen molar-refractivity contribution in [1.29, 1.82) is 0 Å². The summed E-state index contributed by atoms with van der Waals surface area (Å²) >= 11 is 3.92. The number of fused-ring (bicyclic) bond motifs is 2. The fraction of sp³-hybridized carbons (Fsp3) is 0.360. The van der Waals surface area contributed by atoms with Crippen LogP contribution in [-0.4, -0.2) is 44.6 Å². The molecule has 4 atom stereocenters. The van der Waals surface area contributed by atoms with Crippen LogP contribution in [0.4, 0.5) is 11.4 Å². The first-order chi connectivity index (χ1) is 18.3. The number of nitrogens with one attached hydrogen (secondary N) is 1. The second-order valence-electron chi connectivity index (χ2n) is 9.50. The zero-order chi connectivity index (χ0) is 26.6. The lowest BCUT2D eigenvalue weighted by Gasteiger charge is -2.19. The van der Waals surface area contributed by atoms with Gasteiger partial charge in [0.2, 0.25) is 11.8 Å². The summed E-state index contributed by atoms with van der Waals surface area (Å²) in [4.78, 5) is 55.0. The van der Waals surface area contributed by atoms with Crippen LogP contribution in [0, 0.1) is 22.0 Å². The number of thiazole rings is 1. The van der Waals surface area contributed by atoms with Gasteiger partial charge in [-0.15, -0.1) is 23.1 Å². The number of benzene rings is 2. The number of thioether (sulfide) groups is 1. The molecule has 0 radical (unpaired) electrons. The number of carbonyl (C=O) groups excluding carboxylic acids is 2. The second-order valence-corrected chi connectivity index (χ2v) is 13.0. The number of aliphatic carboxylic acids is 1. The molecule has 13 heteroatoms. The van der Waals surface area contributed by atoms with Gasteiger partial charge in [-0.1, -0.05) is 30.7 Å². The van der Waals surface area contributed by atoms with Gasteiger partial charge in [0.15, 0.2) is 4.34 Å². The highest BCUT2D eigenvalue weighted by molar-refractivity contribution is 8.01. The van der Waals surface area contributed by atoms with Gasteiger partial charge in [0.25, 0.3) is 5.69 Å². The van der Waals surface area contributed by atoms with Gasteiger partial charge in [-0.25, -0.2) is 4.98 Å². The van der Waals surface area contributed by atoms with Crippen molar-refractivity contribution in [2.45, 2.75) is 46.3 Å². The van der Waals surface area contributed by atoms with Crippen LogP contribution in [0.5, 0.6) is 0 Å². The van der Waals surface area contributed by atoms with Crippen LogP contribution >= 0.6 is 34.9 Å². The number of nitro groups is 1. The zero-order valence-corrected chi connectivity index (χ0v) is 22.3. The predicted molar refractivity (Wildman–Crippen MR) is 145 cm³/mol. The molecule has 3 aromatic rings. The van der Waals surface area contributed by atoms with Crippen LogP contribution in [0.3, 0.4) is 0 Å². The van der Waals surface area contributed by atoms with E-state index in [0.717, 1.165) is 30.4 Å². The van der Waals surface area contributed by atoms with E-state index in [4.69, 9.17) is 0 Å². The summed E-state index contributed by atoms with van der Waals surface area (Å²) in [6, 6.07) is 9.51. The molecule has 6 rings (SSSR count). The van der Waals surface area contributed by atoms with Crippen LogP contribution in [-0.2, 0) is 14.4 Å². The molecule has 10 nitrogen and oxygen atoms in total. The molecule has 3 aliphatic rings. The number of carboxylic acids is 1. The quantitative estimate of drug-likeness (QED) is 0.240. The molecule has 1 saturated carbocycles. The second kappa shape index (κ2) is 9.95. The Morgan fingerprint density at radius 2 is 1.87 bits per heavy atom. The Bertz CT molecular complexity index is 1470. The Morgan fingerprint density at radius 1 is 1.13 bits per heavy atom. The molecule has 38 heavy (non-hydrogen) atoms. The zero-order valence-electron chi connectivity index (χ0n) is 19.9. The summed E-state index contributed by atoms with van der Waals surface area (Å²) in [5, 5.41) is 23.7. The highest BCUT2D eigenvalue weighted by atomic mass is 32.2. The third-order valence-corrected chi connectivity index (χ3v) is 10.6. The molecule has 2 N–H and O–H groups in total. The molecule has 3 fully saturated rings. The van der Waals surface area contributed by atoms with Crippen LogP contribution in [0.15, 0.2) is 45.6 Å². The number of hydrogen-bond donors (Lipinski definition) is 2. The third kappa shape index (κ3) is 4.46. The smallest absolute Gasteiger partial charge is 0.321 e. The summed E-state index contributed by atoms with van der Waals surface area (Å²) in [5.74, 6) is -1.27. The molecule has 0 unspecified atom stereocenters. The Labute approximate surface area is 229 Å². The fourth-order valence-electron chi connectivity index (χ4n) is 5.32. The Kier molecular flexibility index (Phi) is 6.62. The molecule has 0 bridgehead atoms. The van der Waals surface area contributed by atoms with E-state index >= 15 is 0 Å². The van der Waals surface area contributed by atoms with Gasteiger partial charge in [-0.2, -0.15) is 0 Å². The predicted octanol–water partition coefficient (Wildman–Crippen LogP) is 4.82. The summed E-state index contributed by atoms with van der Waals surface area (Å²) < 4.78 is 1.38. The fourth-order valence-corrected chi connectivity index (χ4v) is 8.68. The average Bonchev–Trinajstić information content (AvgIpc) is 3.61. The monoisotopic (exact) mass is 570 g/mol. The molecule has 1 aliphatic carbocycles. The number of anilines is 1. The SMILES string of the molecule is O=C(O)[C@@H]1CS[C@H](c2ccc(Sc3nc4ccc(N5C(=O)[C@H]6CCCC[C@H]6C5=O)cc4s3)c([N+](=O)[O-])c2)N1. The Balaban J connectivity index is 1.25. The minimum Gasteiger partial charge on any atom is -0.480 e. The minimum absolute atomic E-state index is 0.0792. The lowest BCUT2D eigenvalue weighted by Crippen LogP contribution is -2.33. The van der Waals surface area contributed by atoms with E-state index in [9.17, 15) is 29.6 Å². The third-order valence-electron chi connectivity index (χ3n) is 7.21. The van der Waals surface area contributed by atoms with Crippen molar-refractivity contribution in [3.8, 4) is 0 Å². The highest BCUT2D eigenvalue weighted by Gasteiger charge is 2.48. The van der Waals surface area contributed by atoms with E-state index in [1.54, 1.807) is 30.3 Å². The molecule has 2 amide bonds. The van der Waals surface area contributed by atoms with Gasteiger partial charge < -0.3 is 5.11 Å². The van der Waals surface area contributed by atoms with Crippen LogP contribution in [0.2, 0.25) is 0 Å². The van der Waals surface area contributed by atoms with E-state index in [1.165, 1.54) is 45.8 Å². The molecule has 3 heterocycles. The molecule has 1 aromatic heterocycles. The number of rotatable bonds is 6. The van der Waals surface area contributed by atoms with E-state index in [-0.39, 0.29) is 34.7 Å². The van der Waals surface area contributed by atoms with Gasteiger partial charge >= 0.3 is 5.97 Å². The Morgan fingerprint density at radius 3 is 2.53 bits per heavy atom. The molecule has 2 aliphatic heterocycles. The van der Waals surface area contributed by atoms with Gasteiger partial charge in [0.05, 0.1) is 42.9 Å². The maximum atomic E-state index is 13.0. The summed E-state index contributed by atoms with van der Waals surface area (Å²) in [5.41, 5.74) is 1.79. The van der Waals surface area contributed by atoms with E-state index in [0.29, 0.717) is 31.8 Å². The molecular weight excluding hydrogens is 548 g/mol. The standard InChI is InChI=1S/C25H22N4O6S3/c30-22-14-3-1-2-4-15(14)23(31)28(22)13-6-7-16-20(10-13)38-25(27-16)37-19-8-5-12(9-18(19)29(34)35)21-26-17(11-36-21)24(32)33/h5-10,14-15,17,21,26H,1-4,11H2,(H,32,33)/t14-,15+,17-,21+/m0/s1. The number of carboxylic acid groups (broad SMARTS) is 1. The minimum atomic E-state index is -0.947. The van der Waals surface area contributed by atoms with Crippen molar-refractivity contribution in [3.63, 3.8) is 0 Å². The van der Waals surface area contributed by atoms with E-state index in [2.05, 4.69) is 10.3 Å². The summed E-state index contributed by atoms with van der Waals surface area (Å²) in [6.07, 6.45) is 3.44. The number of imide groups is 1. The van der Waals surface area contributed by atoms with Crippen LogP contribution in [0.1, 0.15) is 36.6 Å². The number of nitro benzene ring substituents is 1. The van der Waals surface area contributed by atoms with Crippen molar-refractivity contribution in [2.75, 3.05) is 10.7 Å². The Hall–Kier alpha value is -3.00. The van der Waals surface area contributed by atoms with Gasteiger partial charge in [0.1, 0.15) is 6.04 Å². The van der Waals surface area contributed by atoms with Crippen LogP contribution < -0.4 is 10.2 Å². The number of amides is 2.